The number of oxazole rings is 1. The Bertz CT molecular complexity index is 3110. The summed E-state index contributed by atoms with van der Waals surface area (Å²) in [5, 5.41) is 2.64. The van der Waals surface area contributed by atoms with E-state index in [0.29, 0.717) is 23.9 Å². The van der Waals surface area contributed by atoms with Crippen LogP contribution in [0.1, 0.15) is 55.5 Å². The molecule has 0 saturated heterocycles. The number of aromatic nitrogens is 1. The molecule has 0 spiro atoms. The SMILES string of the molecule is CC1(C)c2cc(-c3cc(COc4ccccc4N)cc(-c4nc5ccccc5o4)c3)ccc2-c2ccc(-c3ccc4c(c3)C(C)(C)c3c-4ccc4ccccc34)cc21. The van der Waals surface area contributed by atoms with Gasteiger partial charge in [0, 0.05) is 16.4 Å². The van der Waals surface area contributed by atoms with Crippen molar-refractivity contribution in [3.8, 4) is 61.7 Å². The van der Waals surface area contributed by atoms with Gasteiger partial charge in [-0.05, 0) is 144 Å². The van der Waals surface area contributed by atoms with Crippen molar-refractivity contribution in [2.75, 3.05) is 5.73 Å². The summed E-state index contributed by atoms with van der Waals surface area (Å²) in [6, 6.07) is 56.4. The molecule has 0 aliphatic heterocycles. The van der Waals surface area contributed by atoms with Gasteiger partial charge < -0.3 is 14.9 Å². The molecule has 58 heavy (non-hydrogen) atoms. The van der Waals surface area contributed by atoms with Crippen molar-refractivity contribution in [2.45, 2.75) is 45.1 Å². The summed E-state index contributed by atoms with van der Waals surface area (Å²) in [6.07, 6.45) is 0. The van der Waals surface area contributed by atoms with Gasteiger partial charge in [0.2, 0.25) is 5.89 Å². The van der Waals surface area contributed by atoms with Gasteiger partial charge in [0.05, 0.1) is 5.69 Å². The molecule has 9 aromatic rings. The molecule has 1 heterocycles. The highest BCUT2D eigenvalue weighted by Gasteiger charge is 2.38. The van der Waals surface area contributed by atoms with Gasteiger partial charge in [-0.15, -0.1) is 0 Å². The van der Waals surface area contributed by atoms with Crippen molar-refractivity contribution in [1.82, 2.24) is 4.98 Å². The Labute approximate surface area is 338 Å². The fourth-order valence-corrected chi connectivity index (χ4v) is 9.71. The van der Waals surface area contributed by atoms with E-state index in [0.717, 1.165) is 33.4 Å². The van der Waals surface area contributed by atoms with Crippen LogP contribution in [-0.4, -0.2) is 4.98 Å². The average molecular weight is 751 g/mol. The zero-order valence-electron chi connectivity index (χ0n) is 33.1. The van der Waals surface area contributed by atoms with E-state index >= 15 is 0 Å². The van der Waals surface area contributed by atoms with Crippen LogP contribution in [0.5, 0.6) is 5.75 Å². The molecule has 4 nitrogen and oxygen atoms in total. The van der Waals surface area contributed by atoms with Crippen LogP contribution in [0.15, 0.2) is 162 Å². The first-order valence-electron chi connectivity index (χ1n) is 20.1. The van der Waals surface area contributed by atoms with Crippen LogP contribution in [0.3, 0.4) is 0 Å². The van der Waals surface area contributed by atoms with Crippen LogP contribution in [0.2, 0.25) is 0 Å². The summed E-state index contributed by atoms with van der Waals surface area (Å²) in [5.41, 5.74) is 25.5. The first-order valence-corrected chi connectivity index (χ1v) is 20.1. The maximum atomic E-state index is 6.28. The molecule has 0 amide bonds. The number of nitrogens with zero attached hydrogens (tertiary/aromatic N) is 1. The fourth-order valence-electron chi connectivity index (χ4n) is 9.71. The van der Waals surface area contributed by atoms with Crippen molar-refractivity contribution in [1.29, 1.82) is 0 Å². The van der Waals surface area contributed by atoms with Gasteiger partial charge in [0.25, 0.3) is 0 Å². The summed E-state index contributed by atoms with van der Waals surface area (Å²) < 4.78 is 12.5. The number of nitrogens with two attached hydrogens (primary N) is 1. The molecule has 8 aromatic carbocycles. The minimum Gasteiger partial charge on any atom is -0.487 e. The Hall–Kier alpha value is -6.91. The van der Waals surface area contributed by atoms with E-state index in [1.54, 1.807) is 0 Å². The first kappa shape index (κ1) is 34.3. The van der Waals surface area contributed by atoms with Gasteiger partial charge >= 0.3 is 0 Å². The zero-order valence-corrected chi connectivity index (χ0v) is 33.1. The predicted octanol–water partition coefficient (Wildman–Crippen LogP) is 13.8. The second kappa shape index (κ2) is 12.5. The number of anilines is 1. The van der Waals surface area contributed by atoms with Crippen LogP contribution in [-0.2, 0) is 17.4 Å². The molecule has 2 aliphatic carbocycles. The number of nitrogen functional groups attached to an aromatic ring is 1. The molecule has 2 N–H and O–H groups in total. The summed E-state index contributed by atoms with van der Waals surface area (Å²) in [7, 11) is 0. The quantitative estimate of drug-likeness (QED) is 0.172. The third-order valence-electron chi connectivity index (χ3n) is 12.7. The molecule has 0 atom stereocenters. The molecule has 4 heteroatoms. The van der Waals surface area contributed by atoms with Gasteiger partial charge in [0.15, 0.2) is 5.58 Å². The summed E-state index contributed by atoms with van der Waals surface area (Å²) in [6.45, 7) is 9.83. The van der Waals surface area contributed by atoms with Crippen LogP contribution in [0.4, 0.5) is 5.69 Å². The van der Waals surface area contributed by atoms with Gasteiger partial charge in [-0.2, -0.15) is 0 Å². The third kappa shape index (κ3) is 5.25. The lowest BCUT2D eigenvalue weighted by molar-refractivity contribution is 0.308. The van der Waals surface area contributed by atoms with E-state index in [1.807, 2.05) is 48.5 Å². The number of hydrogen-bond acceptors (Lipinski definition) is 4. The van der Waals surface area contributed by atoms with Gasteiger partial charge in [-0.1, -0.05) is 125 Å². The molecule has 11 rings (SSSR count). The second-order valence-electron chi connectivity index (χ2n) is 17.0. The molecule has 2 aliphatic rings. The van der Waals surface area contributed by atoms with Crippen molar-refractivity contribution in [3.05, 3.63) is 186 Å². The monoisotopic (exact) mass is 750 g/mol. The van der Waals surface area contributed by atoms with E-state index in [4.69, 9.17) is 19.9 Å². The molecule has 1 aromatic heterocycles. The third-order valence-corrected chi connectivity index (χ3v) is 12.7. The second-order valence-corrected chi connectivity index (χ2v) is 17.0. The lowest BCUT2D eigenvalue weighted by atomic mass is 9.79. The van der Waals surface area contributed by atoms with E-state index in [-0.39, 0.29) is 10.8 Å². The smallest absolute Gasteiger partial charge is 0.227 e. The highest BCUT2D eigenvalue weighted by atomic mass is 16.5. The number of rotatable bonds is 6. The first-order chi connectivity index (χ1) is 28.1. The maximum absolute atomic E-state index is 6.28. The normalized spacial score (nSPS) is 14.3. The number of hydrogen-bond donors (Lipinski definition) is 1. The van der Waals surface area contributed by atoms with E-state index in [1.165, 1.54) is 66.4 Å². The van der Waals surface area contributed by atoms with Crippen molar-refractivity contribution >= 4 is 27.6 Å². The van der Waals surface area contributed by atoms with Crippen LogP contribution in [0, 0.1) is 0 Å². The fraction of sp³-hybridized carbons (Fsp3) is 0.130. The Balaban J connectivity index is 0.958. The van der Waals surface area contributed by atoms with Crippen molar-refractivity contribution < 1.29 is 9.15 Å². The molecule has 0 saturated carbocycles. The molecular formula is C54H42N2O2. The number of benzene rings is 8. The summed E-state index contributed by atoms with van der Waals surface area (Å²) >= 11 is 0. The lowest BCUT2D eigenvalue weighted by Gasteiger charge is -2.24. The highest BCUT2D eigenvalue weighted by Crippen LogP contribution is 2.54. The van der Waals surface area contributed by atoms with Gasteiger partial charge in [-0.3, -0.25) is 0 Å². The summed E-state index contributed by atoms with van der Waals surface area (Å²) in [4.78, 5) is 4.85. The standard InChI is InChI=1S/C54H42N2O2/c1-53(2)44-28-34(35-19-23-42-43-24-17-33-11-5-6-12-39(33)51(43)54(3,4)46(42)29-35)18-21-40(44)41-22-20-36(30-45(41)53)37-25-32(31-57-49-15-9-7-13-47(49)55)26-38(27-37)52-56-48-14-8-10-16-50(48)58-52/h5-30H,31,55H2,1-4H3. The topological polar surface area (TPSA) is 61.3 Å². The minimum absolute atomic E-state index is 0.108. The molecule has 0 fully saturated rings. The van der Waals surface area contributed by atoms with Crippen LogP contribution >= 0.6 is 0 Å². The lowest BCUT2D eigenvalue weighted by Crippen LogP contribution is -2.16. The van der Waals surface area contributed by atoms with Crippen molar-refractivity contribution in [3.63, 3.8) is 0 Å². The molecule has 0 radical (unpaired) electrons. The van der Waals surface area contributed by atoms with Gasteiger partial charge in [-0.25, -0.2) is 4.98 Å². The Kier molecular flexibility index (Phi) is 7.43. The molecule has 0 bridgehead atoms. The predicted molar refractivity (Wildman–Crippen MR) is 238 cm³/mol. The largest absolute Gasteiger partial charge is 0.487 e. The van der Waals surface area contributed by atoms with Gasteiger partial charge in [0.1, 0.15) is 17.9 Å². The Morgan fingerprint density at radius 3 is 1.84 bits per heavy atom. The van der Waals surface area contributed by atoms with Crippen molar-refractivity contribution in [2.24, 2.45) is 0 Å². The number of ether oxygens (including phenoxy) is 1. The molecular weight excluding hydrogens is 709 g/mol. The zero-order chi connectivity index (χ0) is 39.3. The van der Waals surface area contributed by atoms with E-state index in [9.17, 15) is 0 Å². The Morgan fingerprint density at radius 1 is 0.534 bits per heavy atom. The maximum Gasteiger partial charge on any atom is 0.227 e. The van der Waals surface area contributed by atoms with E-state index < -0.39 is 0 Å². The highest BCUT2D eigenvalue weighted by molar-refractivity contribution is 5.98. The minimum atomic E-state index is -0.212. The average Bonchev–Trinajstić information content (AvgIpc) is 3.86. The number of fused-ring (bicyclic) bond motifs is 9. The summed E-state index contributed by atoms with van der Waals surface area (Å²) in [5.74, 6) is 1.24. The van der Waals surface area contributed by atoms with Crippen LogP contribution < -0.4 is 10.5 Å². The number of para-hydroxylation sites is 4. The van der Waals surface area contributed by atoms with E-state index in [2.05, 4.69) is 137 Å². The molecule has 0 unspecified atom stereocenters. The Morgan fingerprint density at radius 2 is 1.12 bits per heavy atom. The molecule has 280 valence electrons. The van der Waals surface area contributed by atoms with Crippen LogP contribution in [0.25, 0.3) is 77.8 Å².